The van der Waals surface area contributed by atoms with E-state index in [1.165, 1.54) is 12.1 Å². The third-order valence-corrected chi connectivity index (χ3v) is 2.31. The first-order chi connectivity index (χ1) is 7.20. The molecule has 0 unspecified atom stereocenters. The van der Waals surface area contributed by atoms with Crippen LogP contribution in [0.2, 0.25) is 0 Å². The molecule has 1 heterocycles. The van der Waals surface area contributed by atoms with Gasteiger partial charge < -0.3 is 5.73 Å². The van der Waals surface area contributed by atoms with Gasteiger partial charge in [-0.05, 0) is 31.2 Å². The third-order valence-electron chi connectivity index (χ3n) is 2.31. The number of halogens is 1. The topological polar surface area (TPSA) is 43.8 Å². The predicted molar refractivity (Wildman–Crippen MR) is 56.2 cm³/mol. The van der Waals surface area contributed by atoms with E-state index in [2.05, 4.69) is 5.10 Å². The van der Waals surface area contributed by atoms with Crippen LogP contribution in [0, 0.1) is 12.7 Å². The number of nitrogens with zero attached hydrogens (tertiary/aromatic N) is 2. The number of hydrogen-bond acceptors (Lipinski definition) is 2. The standard InChI is InChI=1S/C11H12FN3/c1-8-9(6-13)7-15(14-8)11-4-2-10(12)3-5-11/h2-5,7H,6,13H2,1H3. The van der Waals surface area contributed by atoms with Crippen molar-refractivity contribution in [1.82, 2.24) is 9.78 Å². The number of aryl methyl sites for hydroxylation is 1. The van der Waals surface area contributed by atoms with Crippen molar-refractivity contribution in [1.29, 1.82) is 0 Å². The van der Waals surface area contributed by atoms with Crippen LogP contribution >= 0.6 is 0 Å². The van der Waals surface area contributed by atoms with Gasteiger partial charge in [0.1, 0.15) is 5.82 Å². The molecule has 1 aromatic heterocycles. The van der Waals surface area contributed by atoms with Crippen molar-refractivity contribution in [2.75, 3.05) is 0 Å². The molecule has 0 amide bonds. The zero-order valence-electron chi connectivity index (χ0n) is 8.44. The fourth-order valence-corrected chi connectivity index (χ4v) is 1.42. The second-order valence-electron chi connectivity index (χ2n) is 3.36. The molecule has 0 spiro atoms. The number of hydrogen-bond donors (Lipinski definition) is 1. The Kier molecular flexibility index (Phi) is 2.51. The van der Waals surface area contributed by atoms with Crippen LogP contribution in [-0.2, 0) is 6.54 Å². The summed E-state index contributed by atoms with van der Waals surface area (Å²) < 4.78 is 14.4. The van der Waals surface area contributed by atoms with Crippen molar-refractivity contribution >= 4 is 0 Å². The maximum absolute atomic E-state index is 12.7. The van der Waals surface area contributed by atoms with Gasteiger partial charge in [0.05, 0.1) is 11.4 Å². The van der Waals surface area contributed by atoms with Gasteiger partial charge in [-0.2, -0.15) is 5.10 Å². The number of nitrogens with two attached hydrogens (primary N) is 1. The molecule has 3 nitrogen and oxygen atoms in total. The van der Waals surface area contributed by atoms with Crippen molar-refractivity contribution in [3.63, 3.8) is 0 Å². The molecule has 0 fully saturated rings. The molecule has 78 valence electrons. The minimum Gasteiger partial charge on any atom is -0.326 e. The van der Waals surface area contributed by atoms with E-state index in [0.717, 1.165) is 16.9 Å². The van der Waals surface area contributed by atoms with E-state index in [9.17, 15) is 4.39 Å². The highest BCUT2D eigenvalue weighted by Gasteiger charge is 2.04. The summed E-state index contributed by atoms with van der Waals surface area (Å²) in [6.45, 7) is 2.37. The monoisotopic (exact) mass is 205 g/mol. The Morgan fingerprint density at radius 2 is 2.00 bits per heavy atom. The van der Waals surface area contributed by atoms with Crippen LogP contribution in [0.3, 0.4) is 0 Å². The van der Waals surface area contributed by atoms with Crippen molar-refractivity contribution < 1.29 is 4.39 Å². The summed E-state index contributed by atoms with van der Waals surface area (Å²) in [4.78, 5) is 0. The summed E-state index contributed by atoms with van der Waals surface area (Å²) >= 11 is 0. The number of aromatic nitrogens is 2. The lowest BCUT2D eigenvalue weighted by molar-refractivity contribution is 0.627. The molecule has 2 aromatic rings. The highest BCUT2D eigenvalue weighted by Crippen LogP contribution is 2.11. The molecule has 1 aromatic carbocycles. The highest BCUT2D eigenvalue weighted by atomic mass is 19.1. The van der Waals surface area contributed by atoms with E-state index in [0.29, 0.717) is 6.54 Å². The zero-order chi connectivity index (χ0) is 10.8. The van der Waals surface area contributed by atoms with Crippen LogP contribution in [0.5, 0.6) is 0 Å². The third kappa shape index (κ3) is 1.89. The Morgan fingerprint density at radius 1 is 1.33 bits per heavy atom. The largest absolute Gasteiger partial charge is 0.326 e. The van der Waals surface area contributed by atoms with E-state index in [-0.39, 0.29) is 5.82 Å². The van der Waals surface area contributed by atoms with Crippen LogP contribution < -0.4 is 5.73 Å². The maximum atomic E-state index is 12.7. The molecule has 0 aliphatic rings. The van der Waals surface area contributed by atoms with Gasteiger partial charge in [0.2, 0.25) is 0 Å². The minimum atomic E-state index is -0.248. The normalized spacial score (nSPS) is 10.6. The lowest BCUT2D eigenvalue weighted by Crippen LogP contribution is -1.96. The second-order valence-corrected chi connectivity index (χ2v) is 3.36. The van der Waals surface area contributed by atoms with Gasteiger partial charge in [-0.3, -0.25) is 0 Å². The molecule has 0 saturated heterocycles. The molecule has 0 bridgehead atoms. The molecule has 2 rings (SSSR count). The molecule has 0 aliphatic carbocycles. The SMILES string of the molecule is Cc1nn(-c2ccc(F)cc2)cc1CN. The van der Waals surface area contributed by atoms with Crippen LogP contribution in [0.15, 0.2) is 30.5 Å². The Labute approximate surface area is 87.3 Å². The molecule has 0 aliphatic heterocycles. The van der Waals surface area contributed by atoms with Crippen molar-refractivity contribution in [2.45, 2.75) is 13.5 Å². The van der Waals surface area contributed by atoms with Gasteiger partial charge >= 0.3 is 0 Å². The van der Waals surface area contributed by atoms with Crippen molar-refractivity contribution in [3.05, 3.63) is 47.5 Å². The Balaban J connectivity index is 2.41. The van der Waals surface area contributed by atoms with Gasteiger partial charge in [0.25, 0.3) is 0 Å². The first kappa shape index (κ1) is 9.86. The van der Waals surface area contributed by atoms with E-state index in [1.807, 2.05) is 13.1 Å². The molecular formula is C11H12FN3. The molecule has 4 heteroatoms. The smallest absolute Gasteiger partial charge is 0.123 e. The predicted octanol–water partition coefficient (Wildman–Crippen LogP) is 1.78. The minimum absolute atomic E-state index is 0.248. The van der Waals surface area contributed by atoms with Crippen molar-refractivity contribution in [2.24, 2.45) is 5.73 Å². The summed E-state index contributed by atoms with van der Waals surface area (Å²) in [7, 11) is 0. The Hall–Kier alpha value is -1.68. The zero-order valence-corrected chi connectivity index (χ0v) is 8.44. The van der Waals surface area contributed by atoms with Crippen LogP contribution in [0.25, 0.3) is 5.69 Å². The summed E-state index contributed by atoms with van der Waals surface area (Å²) in [6, 6.07) is 6.19. The fourth-order valence-electron chi connectivity index (χ4n) is 1.42. The highest BCUT2D eigenvalue weighted by molar-refractivity contribution is 5.32. The summed E-state index contributed by atoms with van der Waals surface area (Å²) in [5.74, 6) is -0.248. The number of rotatable bonds is 2. The Morgan fingerprint density at radius 3 is 2.53 bits per heavy atom. The molecule has 0 saturated carbocycles. The second kappa shape index (κ2) is 3.82. The van der Waals surface area contributed by atoms with E-state index >= 15 is 0 Å². The van der Waals surface area contributed by atoms with E-state index < -0.39 is 0 Å². The van der Waals surface area contributed by atoms with Gasteiger partial charge in [-0.25, -0.2) is 9.07 Å². The fraction of sp³-hybridized carbons (Fsp3) is 0.182. The molecule has 0 radical (unpaired) electrons. The van der Waals surface area contributed by atoms with Crippen LogP contribution in [0.1, 0.15) is 11.3 Å². The van der Waals surface area contributed by atoms with E-state index in [1.54, 1.807) is 16.8 Å². The van der Waals surface area contributed by atoms with Gasteiger partial charge in [0, 0.05) is 18.3 Å². The summed E-state index contributed by atoms with van der Waals surface area (Å²) in [6.07, 6.45) is 1.86. The molecular weight excluding hydrogens is 193 g/mol. The van der Waals surface area contributed by atoms with Gasteiger partial charge in [0.15, 0.2) is 0 Å². The molecule has 2 N–H and O–H groups in total. The summed E-state index contributed by atoms with van der Waals surface area (Å²) in [5, 5.41) is 4.30. The lowest BCUT2D eigenvalue weighted by Gasteiger charge is -1.99. The maximum Gasteiger partial charge on any atom is 0.123 e. The molecule has 0 atom stereocenters. The quantitative estimate of drug-likeness (QED) is 0.812. The average Bonchev–Trinajstić information content (AvgIpc) is 2.61. The summed E-state index contributed by atoms with van der Waals surface area (Å²) in [5.41, 5.74) is 8.29. The van der Waals surface area contributed by atoms with E-state index in [4.69, 9.17) is 5.73 Å². The first-order valence-corrected chi connectivity index (χ1v) is 4.72. The number of benzene rings is 1. The van der Waals surface area contributed by atoms with Crippen LogP contribution in [-0.4, -0.2) is 9.78 Å². The Bertz CT molecular complexity index is 459. The lowest BCUT2D eigenvalue weighted by atomic mass is 10.3. The first-order valence-electron chi connectivity index (χ1n) is 4.72. The average molecular weight is 205 g/mol. The molecule has 15 heavy (non-hydrogen) atoms. The van der Waals surface area contributed by atoms with Gasteiger partial charge in [-0.1, -0.05) is 0 Å². The van der Waals surface area contributed by atoms with Crippen LogP contribution in [0.4, 0.5) is 4.39 Å². The van der Waals surface area contributed by atoms with Gasteiger partial charge in [-0.15, -0.1) is 0 Å². The van der Waals surface area contributed by atoms with Crippen molar-refractivity contribution in [3.8, 4) is 5.69 Å².